The molecule has 36 heavy (non-hydrogen) atoms. The van der Waals surface area contributed by atoms with Crippen LogP contribution in [0.1, 0.15) is 28.4 Å². The van der Waals surface area contributed by atoms with E-state index in [0.717, 1.165) is 29.7 Å². The lowest BCUT2D eigenvalue weighted by Crippen LogP contribution is -2.33. The number of pyridine rings is 1. The number of rotatable bonds is 9. The summed E-state index contributed by atoms with van der Waals surface area (Å²) in [6.07, 6.45) is 1.64. The first kappa shape index (κ1) is 23.6. The fraction of sp³-hybridized carbons (Fsp3) is 0.241. The zero-order valence-corrected chi connectivity index (χ0v) is 20.4. The third-order valence-electron chi connectivity index (χ3n) is 6.02. The molecular weight excluding hydrogens is 454 g/mol. The molecule has 7 heteroatoms. The Morgan fingerprint density at radius 1 is 1.00 bits per heavy atom. The summed E-state index contributed by atoms with van der Waals surface area (Å²) in [5, 5.41) is 4.07. The number of carbonyl (C=O) groups is 1. The topological polar surface area (TPSA) is 72.9 Å². The highest BCUT2D eigenvalue weighted by Gasteiger charge is 2.16. The van der Waals surface area contributed by atoms with Gasteiger partial charge < -0.3 is 19.5 Å². The zero-order chi connectivity index (χ0) is 24.9. The molecule has 1 aliphatic rings. The summed E-state index contributed by atoms with van der Waals surface area (Å²) in [5.41, 5.74) is 4.01. The van der Waals surface area contributed by atoms with Gasteiger partial charge in [-0.2, -0.15) is 0 Å². The number of hydrogen-bond donors (Lipinski definition) is 1. The van der Waals surface area contributed by atoms with Gasteiger partial charge in [0.15, 0.2) is 11.5 Å². The van der Waals surface area contributed by atoms with Crippen molar-refractivity contribution in [3.8, 4) is 17.2 Å². The fourth-order valence-electron chi connectivity index (χ4n) is 4.23. The molecular formula is C29H29N3O4. The van der Waals surface area contributed by atoms with Gasteiger partial charge in [-0.25, -0.2) is 0 Å². The Labute approximate surface area is 210 Å². The van der Waals surface area contributed by atoms with E-state index in [1.165, 1.54) is 11.1 Å². The van der Waals surface area contributed by atoms with E-state index in [1.54, 1.807) is 18.2 Å². The van der Waals surface area contributed by atoms with Crippen molar-refractivity contribution in [1.29, 1.82) is 0 Å². The van der Waals surface area contributed by atoms with Crippen molar-refractivity contribution in [2.24, 2.45) is 0 Å². The Balaban J connectivity index is 1.09. The number of hydrogen-bond acceptors (Lipinski definition) is 6. The lowest BCUT2D eigenvalue weighted by atomic mass is 10.1. The van der Waals surface area contributed by atoms with Gasteiger partial charge in [0.1, 0.15) is 11.9 Å². The number of aromatic nitrogens is 1. The summed E-state index contributed by atoms with van der Waals surface area (Å²) in [6, 6.07) is 23.7. The average molecular weight is 484 g/mol. The standard InChI is InChI=1S/C29H29N3O4/c1-20(16-31-29(33)24-8-12-27-28(15-24)35-19-34-27)36-25-9-5-21(6-10-25)17-32(2)18-22-7-11-26-23(14-22)4-3-13-30-26/h3-15,20H,16-19H2,1-2H3,(H,31,33)/t20-/m0/s1. The van der Waals surface area contributed by atoms with E-state index in [1.807, 2.05) is 31.3 Å². The quantitative estimate of drug-likeness (QED) is 0.369. The van der Waals surface area contributed by atoms with Gasteiger partial charge in [-0.3, -0.25) is 14.7 Å². The predicted octanol–water partition coefficient (Wildman–Crippen LogP) is 4.79. The number of nitrogens with zero attached hydrogens (tertiary/aromatic N) is 2. The van der Waals surface area contributed by atoms with Crippen LogP contribution in [0.2, 0.25) is 0 Å². The third kappa shape index (κ3) is 5.75. The van der Waals surface area contributed by atoms with Crippen LogP contribution in [0.4, 0.5) is 0 Å². The number of benzene rings is 3. The first-order valence-corrected chi connectivity index (χ1v) is 12.0. The smallest absolute Gasteiger partial charge is 0.251 e. The minimum absolute atomic E-state index is 0.176. The van der Waals surface area contributed by atoms with Gasteiger partial charge in [0.2, 0.25) is 6.79 Å². The van der Waals surface area contributed by atoms with Crippen molar-refractivity contribution in [1.82, 2.24) is 15.2 Å². The maximum absolute atomic E-state index is 12.5. The first-order chi connectivity index (χ1) is 17.5. The number of amides is 1. The summed E-state index contributed by atoms with van der Waals surface area (Å²) < 4.78 is 16.6. The predicted molar refractivity (Wildman–Crippen MR) is 138 cm³/mol. The summed E-state index contributed by atoms with van der Waals surface area (Å²) in [7, 11) is 2.11. The van der Waals surface area contributed by atoms with Crippen LogP contribution in [0.5, 0.6) is 17.2 Å². The molecule has 0 radical (unpaired) electrons. The molecule has 0 bridgehead atoms. The third-order valence-corrected chi connectivity index (χ3v) is 6.02. The Bertz CT molecular complexity index is 1360. The Hall–Kier alpha value is -4.10. The molecule has 2 heterocycles. The molecule has 0 spiro atoms. The Kier molecular flexibility index (Phi) is 7.00. The molecule has 0 saturated heterocycles. The van der Waals surface area contributed by atoms with Gasteiger partial charge >= 0.3 is 0 Å². The number of fused-ring (bicyclic) bond motifs is 2. The van der Waals surface area contributed by atoms with Gasteiger partial charge in [0.25, 0.3) is 5.91 Å². The van der Waals surface area contributed by atoms with E-state index in [9.17, 15) is 4.79 Å². The largest absolute Gasteiger partial charge is 0.489 e. The van der Waals surface area contributed by atoms with Crippen molar-refractivity contribution >= 4 is 16.8 Å². The highest BCUT2D eigenvalue weighted by atomic mass is 16.7. The fourth-order valence-corrected chi connectivity index (χ4v) is 4.23. The van der Waals surface area contributed by atoms with Crippen LogP contribution in [0, 0.1) is 0 Å². The normalized spacial score (nSPS) is 13.1. The second-order valence-electron chi connectivity index (χ2n) is 9.05. The van der Waals surface area contributed by atoms with Crippen molar-refractivity contribution in [3.63, 3.8) is 0 Å². The van der Waals surface area contributed by atoms with Gasteiger partial charge in [0.05, 0.1) is 12.1 Å². The highest BCUT2D eigenvalue weighted by Crippen LogP contribution is 2.32. The number of nitrogens with one attached hydrogen (secondary N) is 1. The second-order valence-corrected chi connectivity index (χ2v) is 9.05. The minimum atomic E-state index is -0.182. The summed E-state index contributed by atoms with van der Waals surface area (Å²) in [6.45, 7) is 4.18. The molecule has 1 N–H and O–H groups in total. The summed E-state index contributed by atoms with van der Waals surface area (Å²) in [5.74, 6) is 1.84. The molecule has 0 fully saturated rings. The summed E-state index contributed by atoms with van der Waals surface area (Å²) >= 11 is 0. The Morgan fingerprint density at radius 3 is 2.64 bits per heavy atom. The van der Waals surface area contributed by atoms with E-state index in [4.69, 9.17) is 14.2 Å². The number of carbonyl (C=O) groups excluding carboxylic acids is 1. The molecule has 5 rings (SSSR count). The Morgan fingerprint density at radius 2 is 1.78 bits per heavy atom. The van der Waals surface area contributed by atoms with Crippen molar-refractivity contribution in [3.05, 3.63) is 95.7 Å². The van der Waals surface area contributed by atoms with Gasteiger partial charge in [-0.05, 0) is 73.6 Å². The second kappa shape index (κ2) is 10.7. The van der Waals surface area contributed by atoms with E-state index in [-0.39, 0.29) is 18.8 Å². The molecule has 0 aliphatic carbocycles. The molecule has 1 amide bonds. The molecule has 1 aromatic heterocycles. The molecule has 7 nitrogen and oxygen atoms in total. The molecule has 4 aromatic rings. The van der Waals surface area contributed by atoms with E-state index < -0.39 is 0 Å². The maximum Gasteiger partial charge on any atom is 0.251 e. The van der Waals surface area contributed by atoms with Gasteiger partial charge in [-0.1, -0.05) is 24.3 Å². The van der Waals surface area contributed by atoms with Crippen molar-refractivity contribution < 1.29 is 19.0 Å². The maximum atomic E-state index is 12.5. The molecule has 0 saturated carbocycles. The average Bonchev–Trinajstić information content (AvgIpc) is 3.36. The molecule has 1 atom stereocenters. The van der Waals surface area contributed by atoms with Crippen LogP contribution < -0.4 is 19.5 Å². The van der Waals surface area contributed by atoms with Crippen LogP contribution in [-0.4, -0.2) is 42.3 Å². The number of ether oxygens (including phenoxy) is 3. The van der Waals surface area contributed by atoms with E-state index in [0.29, 0.717) is 23.6 Å². The van der Waals surface area contributed by atoms with Crippen LogP contribution >= 0.6 is 0 Å². The van der Waals surface area contributed by atoms with E-state index in [2.05, 4.69) is 58.6 Å². The highest BCUT2D eigenvalue weighted by molar-refractivity contribution is 5.94. The van der Waals surface area contributed by atoms with Crippen LogP contribution in [0.3, 0.4) is 0 Å². The SMILES string of the molecule is C[C@@H](CNC(=O)c1ccc2c(c1)OCO2)Oc1ccc(CN(C)Cc2ccc3ncccc3c2)cc1. The lowest BCUT2D eigenvalue weighted by Gasteiger charge is -2.18. The monoisotopic (exact) mass is 483 g/mol. The van der Waals surface area contributed by atoms with Gasteiger partial charge in [-0.15, -0.1) is 0 Å². The van der Waals surface area contributed by atoms with E-state index >= 15 is 0 Å². The lowest BCUT2D eigenvalue weighted by molar-refractivity contribution is 0.0931. The molecule has 3 aromatic carbocycles. The zero-order valence-electron chi connectivity index (χ0n) is 20.4. The van der Waals surface area contributed by atoms with Crippen LogP contribution in [0.15, 0.2) is 79.0 Å². The molecule has 184 valence electrons. The molecule has 0 unspecified atom stereocenters. The van der Waals surface area contributed by atoms with Gasteiger partial charge in [0, 0.05) is 30.2 Å². The van der Waals surface area contributed by atoms with Crippen molar-refractivity contribution in [2.75, 3.05) is 20.4 Å². The van der Waals surface area contributed by atoms with Crippen molar-refractivity contribution in [2.45, 2.75) is 26.1 Å². The first-order valence-electron chi connectivity index (χ1n) is 12.0. The van der Waals surface area contributed by atoms with Crippen LogP contribution in [0.25, 0.3) is 10.9 Å². The minimum Gasteiger partial charge on any atom is -0.489 e. The molecule has 1 aliphatic heterocycles. The van der Waals surface area contributed by atoms with Crippen LogP contribution in [-0.2, 0) is 13.1 Å². The summed E-state index contributed by atoms with van der Waals surface area (Å²) in [4.78, 5) is 19.1.